The number of alkyl halides is 3. The van der Waals surface area contributed by atoms with E-state index in [1.807, 2.05) is 24.3 Å². The second-order valence-corrected chi connectivity index (χ2v) is 7.91. The lowest BCUT2D eigenvalue weighted by Crippen LogP contribution is -2.22. The van der Waals surface area contributed by atoms with Gasteiger partial charge in [0.1, 0.15) is 5.52 Å². The number of rotatable bonds is 4. The summed E-state index contributed by atoms with van der Waals surface area (Å²) in [6.45, 7) is 1.57. The van der Waals surface area contributed by atoms with Crippen LogP contribution in [0, 0.1) is 0 Å². The van der Waals surface area contributed by atoms with Crippen LogP contribution in [0.4, 0.5) is 18.3 Å². The predicted molar refractivity (Wildman–Crippen MR) is 98.0 cm³/mol. The Labute approximate surface area is 163 Å². The number of halogens is 3. The molecular weight excluding hydrogens is 415 g/mol. The number of hydrogen-bond donors (Lipinski definition) is 2. The van der Waals surface area contributed by atoms with E-state index in [1.165, 1.54) is 0 Å². The monoisotopic (exact) mass is 425 g/mol. The Morgan fingerprint density at radius 3 is 2.75 bits per heavy atom. The lowest BCUT2D eigenvalue weighted by Gasteiger charge is -2.08. The number of hydrogen-bond acceptors (Lipinski definition) is 8. The maximum absolute atomic E-state index is 12.6. The third-order valence-corrected chi connectivity index (χ3v) is 5.49. The van der Waals surface area contributed by atoms with Gasteiger partial charge in [0.05, 0.1) is 5.25 Å². The summed E-state index contributed by atoms with van der Waals surface area (Å²) in [6.07, 6.45) is -4.60. The molecular formula is C15H10F3N7OS2. The number of fused-ring (bicyclic) bond motifs is 3. The molecule has 0 unspecified atom stereocenters. The van der Waals surface area contributed by atoms with Crippen molar-refractivity contribution in [1.82, 2.24) is 30.4 Å². The molecule has 144 valence electrons. The fraction of sp³-hybridized carbons (Fsp3) is 0.200. The van der Waals surface area contributed by atoms with Crippen LogP contribution in [0.5, 0.6) is 0 Å². The number of aromatic nitrogens is 6. The van der Waals surface area contributed by atoms with Gasteiger partial charge in [-0.25, -0.2) is 4.98 Å². The molecule has 2 N–H and O–H groups in total. The van der Waals surface area contributed by atoms with Gasteiger partial charge in [0.2, 0.25) is 21.2 Å². The molecule has 13 heteroatoms. The lowest BCUT2D eigenvalue weighted by molar-refractivity contribution is -0.138. The van der Waals surface area contributed by atoms with Gasteiger partial charge in [-0.3, -0.25) is 10.1 Å². The molecule has 1 aromatic carbocycles. The number of aromatic amines is 1. The number of nitrogens with one attached hydrogen (secondary N) is 2. The Morgan fingerprint density at radius 1 is 1.21 bits per heavy atom. The third kappa shape index (κ3) is 3.62. The van der Waals surface area contributed by atoms with Crippen LogP contribution in [0.1, 0.15) is 11.9 Å². The van der Waals surface area contributed by atoms with E-state index >= 15 is 0 Å². The molecule has 1 atom stereocenters. The Hall–Kier alpha value is -2.80. The summed E-state index contributed by atoms with van der Waals surface area (Å²) in [5.74, 6) is -0.546. The number of thioether (sulfide) groups is 1. The van der Waals surface area contributed by atoms with Crippen LogP contribution in [0.2, 0.25) is 0 Å². The van der Waals surface area contributed by atoms with Crippen LogP contribution >= 0.6 is 23.1 Å². The van der Waals surface area contributed by atoms with Gasteiger partial charge in [-0.1, -0.05) is 41.3 Å². The molecule has 0 bridgehead atoms. The lowest BCUT2D eigenvalue weighted by atomic mass is 10.2. The molecule has 8 nitrogen and oxygen atoms in total. The number of carbonyl (C=O) groups excluding carboxylic acids is 1. The van der Waals surface area contributed by atoms with Crippen molar-refractivity contribution in [2.45, 2.75) is 23.5 Å². The molecule has 0 aliphatic carbocycles. The second-order valence-electron chi connectivity index (χ2n) is 5.62. The highest BCUT2D eigenvalue weighted by Crippen LogP contribution is 2.33. The maximum Gasteiger partial charge on any atom is 0.445 e. The van der Waals surface area contributed by atoms with Crippen LogP contribution in [0.25, 0.3) is 22.1 Å². The number of nitrogens with zero attached hydrogens (tertiary/aromatic N) is 5. The molecule has 0 saturated carbocycles. The molecule has 0 spiro atoms. The average Bonchev–Trinajstić information content (AvgIpc) is 3.25. The van der Waals surface area contributed by atoms with Crippen LogP contribution in [0.15, 0.2) is 29.4 Å². The third-order valence-electron chi connectivity index (χ3n) is 3.65. The van der Waals surface area contributed by atoms with Crippen molar-refractivity contribution in [3.63, 3.8) is 0 Å². The summed E-state index contributed by atoms with van der Waals surface area (Å²) >= 11 is 1.28. The molecule has 1 amide bonds. The highest BCUT2D eigenvalue weighted by molar-refractivity contribution is 8.00. The molecule has 0 aliphatic heterocycles. The smallest absolute Gasteiger partial charge is 0.338 e. The Morgan fingerprint density at radius 2 is 2.00 bits per heavy atom. The molecule has 4 aromatic rings. The van der Waals surface area contributed by atoms with Gasteiger partial charge in [0.25, 0.3) is 0 Å². The van der Waals surface area contributed by atoms with E-state index in [2.05, 4.69) is 35.7 Å². The SMILES string of the molecule is C[C@@H](Sc1nnc2c(n1)[nH]c1ccccc12)C(=O)Nc1nnc(C(F)(F)F)s1. The van der Waals surface area contributed by atoms with Crippen molar-refractivity contribution >= 4 is 56.2 Å². The van der Waals surface area contributed by atoms with Crippen molar-refractivity contribution < 1.29 is 18.0 Å². The van der Waals surface area contributed by atoms with Gasteiger partial charge >= 0.3 is 6.18 Å². The highest BCUT2D eigenvalue weighted by Gasteiger charge is 2.36. The summed E-state index contributed by atoms with van der Waals surface area (Å²) in [6, 6.07) is 7.54. The van der Waals surface area contributed by atoms with E-state index in [0.29, 0.717) is 11.2 Å². The van der Waals surface area contributed by atoms with Crippen LogP contribution in [-0.2, 0) is 11.0 Å². The van der Waals surface area contributed by atoms with E-state index in [-0.39, 0.29) is 21.6 Å². The van der Waals surface area contributed by atoms with E-state index in [4.69, 9.17) is 0 Å². The first kappa shape index (κ1) is 18.6. The van der Waals surface area contributed by atoms with Crippen LogP contribution in [0.3, 0.4) is 0 Å². The summed E-state index contributed by atoms with van der Waals surface area (Å²) in [5, 5.41) is 15.9. The predicted octanol–water partition coefficient (Wildman–Crippen LogP) is 3.50. The molecule has 0 saturated heterocycles. The van der Waals surface area contributed by atoms with Crippen molar-refractivity contribution in [3.05, 3.63) is 29.3 Å². The van der Waals surface area contributed by atoms with Gasteiger partial charge in [0, 0.05) is 10.9 Å². The first-order valence-corrected chi connectivity index (χ1v) is 9.50. The Bertz CT molecular complexity index is 1170. The molecule has 0 fully saturated rings. The quantitative estimate of drug-likeness (QED) is 0.482. The summed E-state index contributed by atoms with van der Waals surface area (Å²) in [4.78, 5) is 19.7. The topological polar surface area (TPSA) is 109 Å². The van der Waals surface area contributed by atoms with E-state index < -0.39 is 22.3 Å². The number of amides is 1. The van der Waals surface area contributed by atoms with Gasteiger partial charge in [-0.15, -0.1) is 20.4 Å². The number of H-pyrrole nitrogens is 1. The van der Waals surface area contributed by atoms with Gasteiger partial charge in [0.15, 0.2) is 5.65 Å². The first-order valence-electron chi connectivity index (χ1n) is 7.80. The summed E-state index contributed by atoms with van der Waals surface area (Å²) < 4.78 is 37.7. The minimum atomic E-state index is -4.60. The molecule has 3 aromatic heterocycles. The van der Waals surface area contributed by atoms with Crippen LogP contribution < -0.4 is 5.32 Å². The van der Waals surface area contributed by atoms with Crippen molar-refractivity contribution in [3.8, 4) is 0 Å². The van der Waals surface area contributed by atoms with Crippen molar-refractivity contribution in [2.75, 3.05) is 5.32 Å². The molecule has 28 heavy (non-hydrogen) atoms. The van der Waals surface area contributed by atoms with Gasteiger partial charge in [-0.05, 0) is 13.0 Å². The van der Waals surface area contributed by atoms with E-state index in [0.717, 1.165) is 22.7 Å². The number of carbonyl (C=O) groups is 1. The number of para-hydroxylation sites is 1. The largest absolute Gasteiger partial charge is 0.445 e. The highest BCUT2D eigenvalue weighted by atomic mass is 32.2. The molecule has 3 heterocycles. The van der Waals surface area contributed by atoms with E-state index in [1.54, 1.807) is 6.92 Å². The summed E-state index contributed by atoms with van der Waals surface area (Å²) in [5.41, 5.74) is 2.01. The number of benzene rings is 1. The minimum absolute atomic E-state index is 0.227. The van der Waals surface area contributed by atoms with Crippen molar-refractivity contribution in [1.29, 1.82) is 0 Å². The zero-order valence-electron chi connectivity index (χ0n) is 14.0. The Kier molecular flexibility index (Phi) is 4.63. The maximum atomic E-state index is 12.6. The summed E-state index contributed by atoms with van der Waals surface area (Å²) in [7, 11) is 0. The average molecular weight is 425 g/mol. The normalized spacial score (nSPS) is 13.1. The standard InChI is InChI=1S/C15H10F3N7OS2/c1-6(11(26)21-14-25-23-12(28-14)15(16,17)18)27-13-20-10-9(22-24-13)7-4-2-3-5-8(7)19-10/h2-6H,1H3,(H,19,20,24)(H,21,25,26)/t6-/m1/s1. The molecule has 0 aliphatic rings. The number of anilines is 1. The van der Waals surface area contributed by atoms with Gasteiger partial charge in [-0.2, -0.15) is 13.2 Å². The zero-order valence-corrected chi connectivity index (χ0v) is 15.6. The fourth-order valence-corrected chi connectivity index (χ4v) is 3.69. The van der Waals surface area contributed by atoms with Crippen LogP contribution in [-0.4, -0.2) is 41.5 Å². The van der Waals surface area contributed by atoms with Gasteiger partial charge < -0.3 is 4.98 Å². The zero-order chi connectivity index (χ0) is 19.9. The fourth-order valence-electron chi connectivity index (χ4n) is 2.36. The molecule has 4 rings (SSSR count). The van der Waals surface area contributed by atoms with E-state index in [9.17, 15) is 18.0 Å². The second kappa shape index (κ2) is 6.98. The molecule has 0 radical (unpaired) electrons. The Balaban J connectivity index is 1.48. The first-order chi connectivity index (χ1) is 13.3. The minimum Gasteiger partial charge on any atom is -0.338 e. The van der Waals surface area contributed by atoms with Crippen molar-refractivity contribution in [2.24, 2.45) is 0 Å².